The number of carbonyl (C=O) groups is 1. The van der Waals surface area contributed by atoms with Crippen LogP contribution in [0.3, 0.4) is 0 Å². The second-order valence-corrected chi connectivity index (χ2v) is 6.61. The first kappa shape index (κ1) is 14.6. The van der Waals surface area contributed by atoms with Crippen molar-refractivity contribution in [2.45, 2.75) is 52.2 Å². The van der Waals surface area contributed by atoms with Crippen molar-refractivity contribution in [1.29, 1.82) is 0 Å². The zero-order valence-corrected chi connectivity index (χ0v) is 13.2. The quantitative estimate of drug-likeness (QED) is 0.833. The molecule has 1 aromatic rings. The van der Waals surface area contributed by atoms with Crippen LogP contribution in [0.5, 0.6) is 0 Å². The highest BCUT2D eigenvalue weighted by atomic mass is 16.2. The van der Waals surface area contributed by atoms with E-state index in [1.54, 1.807) is 0 Å². The summed E-state index contributed by atoms with van der Waals surface area (Å²) >= 11 is 0. The van der Waals surface area contributed by atoms with Crippen LogP contribution in [0.4, 0.5) is 0 Å². The molecule has 0 spiro atoms. The molecule has 3 rings (SSSR count). The number of aryl methyl sites for hydroxylation is 1. The van der Waals surface area contributed by atoms with Gasteiger partial charge in [0.15, 0.2) is 0 Å². The summed E-state index contributed by atoms with van der Waals surface area (Å²) in [5.41, 5.74) is 1.15. The first-order valence-corrected chi connectivity index (χ1v) is 8.17. The van der Waals surface area contributed by atoms with E-state index in [-0.39, 0.29) is 11.9 Å². The SMILES string of the molecule is C[C@@H]1CCCN([C@@H](C)C(=O)N2CCCn3cncc3C2)C1. The predicted octanol–water partition coefficient (Wildman–Crippen LogP) is 1.74. The van der Waals surface area contributed by atoms with Crippen molar-refractivity contribution in [3.63, 3.8) is 0 Å². The number of rotatable bonds is 2. The molecular formula is C16H26N4O. The third-order valence-corrected chi connectivity index (χ3v) is 4.88. The standard InChI is InChI=1S/C16H26N4O/c1-13-5-3-6-18(10-13)14(2)16(21)19-7-4-8-20-12-17-9-15(20)11-19/h9,12-14H,3-8,10-11H2,1-2H3/t13-,14+/m1/s1. The molecule has 2 aliphatic rings. The zero-order chi connectivity index (χ0) is 14.8. The molecule has 1 amide bonds. The average Bonchev–Trinajstić information content (AvgIpc) is 2.83. The highest BCUT2D eigenvalue weighted by Crippen LogP contribution is 2.20. The highest BCUT2D eigenvalue weighted by molar-refractivity contribution is 5.81. The molecule has 2 atom stereocenters. The molecule has 21 heavy (non-hydrogen) atoms. The molecular weight excluding hydrogens is 264 g/mol. The second-order valence-electron chi connectivity index (χ2n) is 6.61. The maximum absolute atomic E-state index is 12.8. The number of imidazole rings is 1. The Morgan fingerprint density at radius 1 is 1.33 bits per heavy atom. The van der Waals surface area contributed by atoms with Gasteiger partial charge in [-0.25, -0.2) is 4.98 Å². The Morgan fingerprint density at radius 3 is 3.00 bits per heavy atom. The molecule has 5 heteroatoms. The van der Waals surface area contributed by atoms with Crippen LogP contribution in [0.1, 0.15) is 38.8 Å². The van der Waals surface area contributed by atoms with E-state index >= 15 is 0 Å². The Balaban J connectivity index is 1.67. The van der Waals surface area contributed by atoms with Crippen LogP contribution in [0.2, 0.25) is 0 Å². The molecule has 0 aromatic carbocycles. The summed E-state index contributed by atoms with van der Waals surface area (Å²) in [6.07, 6.45) is 7.28. The van der Waals surface area contributed by atoms with E-state index in [2.05, 4.69) is 28.3 Å². The van der Waals surface area contributed by atoms with Crippen LogP contribution in [0, 0.1) is 5.92 Å². The topological polar surface area (TPSA) is 41.4 Å². The Morgan fingerprint density at radius 2 is 2.19 bits per heavy atom. The van der Waals surface area contributed by atoms with Crippen molar-refractivity contribution >= 4 is 5.91 Å². The lowest BCUT2D eigenvalue weighted by Gasteiger charge is -2.36. The summed E-state index contributed by atoms with van der Waals surface area (Å²) in [7, 11) is 0. The number of hydrogen-bond acceptors (Lipinski definition) is 3. The van der Waals surface area contributed by atoms with Gasteiger partial charge in [0.25, 0.3) is 0 Å². The van der Waals surface area contributed by atoms with Crippen LogP contribution in [-0.2, 0) is 17.9 Å². The van der Waals surface area contributed by atoms with Gasteiger partial charge in [-0.05, 0) is 38.6 Å². The molecule has 2 aliphatic heterocycles. The van der Waals surface area contributed by atoms with Crippen molar-refractivity contribution < 1.29 is 4.79 Å². The Bertz CT molecular complexity index is 498. The fraction of sp³-hybridized carbons (Fsp3) is 0.750. The van der Waals surface area contributed by atoms with Gasteiger partial charge in [0.1, 0.15) is 0 Å². The lowest BCUT2D eigenvalue weighted by molar-refractivity contribution is -0.137. The minimum atomic E-state index is 0.00206. The first-order valence-electron chi connectivity index (χ1n) is 8.17. The number of amides is 1. The van der Waals surface area contributed by atoms with Gasteiger partial charge in [0.2, 0.25) is 5.91 Å². The largest absolute Gasteiger partial charge is 0.335 e. The monoisotopic (exact) mass is 290 g/mol. The first-order chi connectivity index (χ1) is 10.1. The molecule has 116 valence electrons. The van der Waals surface area contributed by atoms with E-state index in [0.29, 0.717) is 12.5 Å². The van der Waals surface area contributed by atoms with Crippen LogP contribution in [-0.4, -0.2) is 50.9 Å². The maximum atomic E-state index is 12.8. The number of hydrogen-bond donors (Lipinski definition) is 0. The molecule has 0 saturated carbocycles. The van der Waals surface area contributed by atoms with E-state index in [4.69, 9.17) is 0 Å². The molecule has 1 fully saturated rings. The van der Waals surface area contributed by atoms with E-state index in [1.807, 2.05) is 17.4 Å². The number of carbonyl (C=O) groups excluding carboxylic acids is 1. The number of fused-ring (bicyclic) bond motifs is 1. The summed E-state index contributed by atoms with van der Waals surface area (Å²) in [5, 5.41) is 0. The smallest absolute Gasteiger partial charge is 0.239 e. The van der Waals surface area contributed by atoms with Gasteiger partial charge in [0, 0.05) is 25.8 Å². The number of nitrogens with zero attached hydrogens (tertiary/aromatic N) is 4. The van der Waals surface area contributed by atoms with E-state index in [1.165, 1.54) is 12.8 Å². The van der Waals surface area contributed by atoms with Gasteiger partial charge < -0.3 is 9.47 Å². The minimum absolute atomic E-state index is 0.00206. The van der Waals surface area contributed by atoms with Crippen molar-refractivity contribution in [3.8, 4) is 0 Å². The number of aromatic nitrogens is 2. The summed E-state index contributed by atoms with van der Waals surface area (Å²) < 4.78 is 2.17. The van der Waals surface area contributed by atoms with Crippen LogP contribution >= 0.6 is 0 Å². The van der Waals surface area contributed by atoms with Gasteiger partial charge in [-0.1, -0.05) is 6.92 Å². The van der Waals surface area contributed by atoms with Gasteiger partial charge >= 0.3 is 0 Å². The van der Waals surface area contributed by atoms with E-state index in [9.17, 15) is 4.79 Å². The normalized spacial score (nSPS) is 25.2. The molecule has 0 bridgehead atoms. The predicted molar refractivity (Wildman–Crippen MR) is 81.7 cm³/mol. The van der Waals surface area contributed by atoms with Crippen molar-refractivity contribution in [2.75, 3.05) is 19.6 Å². The van der Waals surface area contributed by atoms with Gasteiger partial charge in [-0.2, -0.15) is 0 Å². The fourth-order valence-corrected chi connectivity index (χ4v) is 3.57. The Labute approximate surface area is 126 Å². The Hall–Kier alpha value is -1.36. The van der Waals surface area contributed by atoms with Crippen molar-refractivity contribution in [1.82, 2.24) is 19.4 Å². The second kappa shape index (κ2) is 6.18. The summed E-state index contributed by atoms with van der Waals surface area (Å²) in [6, 6.07) is 0.00206. The third-order valence-electron chi connectivity index (χ3n) is 4.88. The number of piperidine rings is 1. The minimum Gasteiger partial charge on any atom is -0.335 e. The highest BCUT2D eigenvalue weighted by Gasteiger charge is 2.29. The lowest BCUT2D eigenvalue weighted by atomic mass is 9.98. The van der Waals surface area contributed by atoms with Gasteiger partial charge in [-0.3, -0.25) is 9.69 Å². The third kappa shape index (κ3) is 3.12. The zero-order valence-electron chi connectivity index (χ0n) is 13.2. The number of likely N-dealkylation sites (tertiary alicyclic amines) is 1. The molecule has 1 saturated heterocycles. The molecule has 0 aliphatic carbocycles. The van der Waals surface area contributed by atoms with Crippen molar-refractivity contribution in [3.05, 3.63) is 18.2 Å². The fourth-order valence-electron chi connectivity index (χ4n) is 3.57. The maximum Gasteiger partial charge on any atom is 0.239 e. The average molecular weight is 290 g/mol. The molecule has 0 unspecified atom stereocenters. The van der Waals surface area contributed by atoms with Crippen LogP contribution < -0.4 is 0 Å². The lowest BCUT2D eigenvalue weighted by Crippen LogP contribution is -2.50. The molecule has 0 radical (unpaired) electrons. The van der Waals surface area contributed by atoms with Gasteiger partial charge in [0.05, 0.1) is 24.6 Å². The summed E-state index contributed by atoms with van der Waals surface area (Å²) in [5.74, 6) is 0.985. The Kier molecular flexibility index (Phi) is 4.29. The molecule has 3 heterocycles. The summed E-state index contributed by atoms with van der Waals surface area (Å²) in [4.78, 5) is 21.4. The molecule has 5 nitrogen and oxygen atoms in total. The van der Waals surface area contributed by atoms with Crippen molar-refractivity contribution in [2.24, 2.45) is 5.92 Å². The summed E-state index contributed by atoms with van der Waals surface area (Å²) in [6.45, 7) is 8.99. The molecule has 1 aromatic heterocycles. The van der Waals surface area contributed by atoms with E-state index < -0.39 is 0 Å². The molecule has 0 N–H and O–H groups in total. The van der Waals surface area contributed by atoms with Crippen LogP contribution in [0.25, 0.3) is 0 Å². The van der Waals surface area contributed by atoms with Gasteiger partial charge in [-0.15, -0.1) is 0 Å². The van der Waals surface area contributed by atoms with Crippen LogP contribution in [0.15, 0.2) is 12.5 Å². The van der Waals surface area contributed by atoms with E-state index in [0.717, 1.165) is 38.3 Å².